The van der Waals surface area contributed by atoms with E-state index in [2.05, 4.69) is 29.4 Å². The van der Waals surface area contributed by atoms with Crippen LogP contribution in [-0.4, -0.2) is 29.3 Å². The molecule has 0 atom stereocenters. The summed E-state index contributed by atoms with van der Waals surface area (Å²) in [6, 6.07) is 15.8. The van der Waals surface area contributed by atoms with E-state index in [1.54, 1.807) is 22.5 Å². The zero-order valence-corrected chi connectivity index (χ0v) is 18.6. The molecule has 2 aromatic carbocycles. The van der Waals surface area contributed by atoms with E-state index < -0.39 is 5.95 Å². The number of benzene rings is 2. The zero-order chi connectivity index (χ0) is 22.7. The molecule has 0 fully saturated rings. The molecule has 0 amide bonds. The third-order valence-corrected chi connectivity index (χ3v) is 5.64. The summed E-state index contributed by atoms with van der Waals surface area (Å²) >= 11 is 0. The lowest BCUT2D eigenvalue weighted by molar-refractivity contribution is 0.482. The second-order valence-corrected chi connectivity index (χ2v) is 8.25. The first-order valence-electron chi connectivity index (χ1n) is 10.9. The lowest BCUT2D eigenvalue weighted by Crippen LogP contribution is -2.25. The van der Waals surface area contributed by atoms with E-state index >= 15 is 0 Å². The number of tetrazole rings is 1. The van der Waals surface area contributed by atoms with Gasteiger partial charge in [-0.25, -0.2) is 4.79 Å². The molecule has 0 bridgehead atoms. The van der Waals surface area contributed by atoms with Gasteiger partial charge in [-0.1, -0.05) is 56.3 Å². The van der Waals surface area contributed by atoms with Crippen molar-refractivity contribution >= 4 is 0 Å². The van der Waals surface area contributed by atoms with Gasteiger partial charge in [-0.15, -0.1) is 5.10 Å². The first-order chi connectivity index (χ1) is 15.5. The predicted octanol–water partition coefficient (Wildman–Crippen LogP) is 4.09. The van der Waals surface area contributed by atoms with Crippen LogP contribution >= 0.6 is 0 Å². The van der Waals surface area contributed by atoms with E-state index in [-0.39, 0.29) is 5.69 Å². The second kappa shape index (κ2) is 9.30. The lowest BCUT2D eigenvalue weighted by Gasteiger charge is -2.11. The Kier molecular flexibility index (Phi) is 6.30. The summed E-state index contributed by atoms with van der Waals surface area (Å²) in [5, 5.41) is 11.4. The number of aromatic nitrogens is 6. The fourth-order valence-corrected chi connectivity index (χ4v) is 3.87. The molecule has 0 aliphatic rings. The van der Waals surface area contributed by atoms with Gasteiger partial charge < -0.3 is 0 Å². The van der Waals surface area contributed by atoms with Gasteiger partial charge in [0.2, 0.25) is 5.95 Å². The molecular weight excluding hydrogens is 407 g/mol. The normalized spacial score (nSPS) is 11.4. The number of halogens is 1. The average Bonchev–Trinajstić information content (AvgIpc) is 3.40. The maximum Gasteiger partial charge on any atom is 0.330 e. The molecule has 0 saturated carbocycles. The number of nitrogens with zero attached hydrogens (tertiary/aromatic N) is 6. The lowest BCUT2D eigenvalue weighted by atomic mass is 10.0. The van der Waals surface area contributed by atoms with Gasteiger partial charge in [0.1, 0.15) is 6.33 Å². The molecule has 2 heterocycles. The average molecular weight is 435 g/mol. The highest BCUT2D eigenvalue weighted by Gasteiger charge is 2.19. The Morgan fingerprint density at radius 3 is 2.44 bits per heavy atom. The summed E-state index contributed by atoms with van der Waals surface area (Å²) in [4.78, 5) is 12.8. The van der Waals surface area contributed by atoms with Crippen molar-refractivity contribution in [3.8, 4) is 16.8 Å². The highest BCUT2D eigenvalue weighted by molar-refractivity contribution is 5.72. The van der Waals surface area contributed by atoms with E-state index in [0.717, 1.165) is 28.8 Å². The third kappa shape index (κ3) is 4.26. The van der Waals surface area contributed by atoms with Gasteiger partial charge in [-0.3, -0.25) is 9.13 Å². The molecular formula is C24H27FN6O. The fraction of sp³-hybridized carbons (Fsp3) is 0.333. The van der Waals surface area contributed by atoms with Crippen molar-refractivity contribution in [2.75, 3.05) is 0 Å². The van der Waals surface area contributed by atoms with Crippen LogP contribution in [-0.2, 0) is 19.5 Å². The molecule has 2 aromatic heterocycles. The van der Waals surface area contributed by atoms with E-state index in [0.29, 0.717) is 31.1 Å². The van der Waals surface area contributed by atoms with E-state index in [1.165, 1.54) is 4.57 Å². The van der Waals surface area contributed by atoms with Crippen molar-refractivity contribution in [1.29, 1.82) is 0 Å². The standard InChI is InChI=1S/C24H27FN6O/c1-4-29-23(25)22(14-9-17(2)3)30(24(29)32)15-18-10-12-19(13-11-18)20-7-5-6-8-21(20)31-16-26-27-28-31/h5-8,10-13,16-17H,4,9,14-15H2,1-3H3. The van der Waals surface area contributed by atoms with Gasteiger partial charge in [0.25, 0.3) is 0 Å². The van der Waals surface area contributed by atoms with Crippen molar-refractivity contribution in [3.63, 3.8) is 0 Å². The molecule has 7 nitrogen and oxygen atoms in total. The van der Waals surface area contributed by atoms with Crippen molar-refractivity contribution in [2.24, 2.45) is 5.92 Å². The Morgan fingerprint density at radius 1 is 1.03 bits per heavy atom. The van der Waals surface area contributed by atoms with Crippen molar-refractivity contribution in [2.45, 2.75) is 46.7 Å². The minimum absolute atomic E-state index is 0.295. The maximum atomic E-state index is 14.9. The number of hydrogen-bond acceptors (Lipinski definition) is 4. The van der Waals surface area contributed by atoms with E-state index in [1.807, 2.05) is 48.5 Å². The minimum atomic E-state index is -0.412. The molecule has 4 rings (SSSR count). The van der Waals surface area contributed by atoms with Crippen LogP contribution in [0.1, 0.15) is 38.4 Å². The molecule has 0 saturated heterocycles. The fourth-order valence-electron chi connectivity index (χ4n) is 3.87. The Labute approximate surface area is 186 Å². The summed E-state index contributed by atoms with van der Waals surface area (Å²) in [6.07, 6.45) is 2.94. The minimum Gasteiger partial charge on any atom is -0.289 e. The summed E-state index contributed by atoms with van der Waals surface area (Å²) in [5.74, 6) is 0.0209. The molecule has 32 heavy (non-hydrogen) atoms. The van der Waals surface area contributed by atoms with Crippen molar-refractivity contribution in [3.05, 3.63) is 82.5 Å². The Bertz CT molecular complexity index is 1240. The van der Waals surface area contributed by atoms with Crippen LogP contribution in [0.3, 0.4) is 0 Å². The van der Waals surface area contributed by atoms with Crippen LogP contribution in [0.4, 0.5) is 4.39 Å². The van der Waals surface area contributed by atoms with Gasteiger partial charge in [0.15, 0.2) is 0 Å². The number of hydrogen-bond donors (Lipinski definition) is 0. The highest BCUT2D eigenvalue weighted by Crippen LogP contribution is 2.26. The van der Waals surface area contributed by atoms with Crippen LogP contribution in [0.15, 0.2) is 59.7 Å². The molecule has 0 unspecified atom stereocenters. The molecule has 0 aliphatic heterocycles. The first kappa shape index (κ1) is 21.7. The molecule has 0 N–H and O–H groups in total. The molecule has 0 spiro atoms. The van der Waals surface area contributed by atoms with Gasteiger partial charge in [-0.05, 0) is 53.3 Å². The summed E-state index contributed by atoms with van der Waals surface area (Å²) in [7, 11) is 0. The van der Waals surface area contributed by atoms with Crippen molar-refractivity contribution < 1.29 is 4.39 Å². The van der Waals surface area contributed by atoms with Gasteiger partial charge in [-0.2, -0.15) is 9.07 Å². The quantitative estimate of drug-likeness (QED) is 0.419. The Hall–Kier alpha value is -3.55. The number of para-hydroxylation sites is 1. The van der Waals surface area contributed by atoms with E-state index in [9.17, 15) is 9.18 Å². The largest absolute Gasteiger partial charge is 0.330 e. The monoisotopic (exact) mass is 434 g/mol. The number of imidazole rings is 1. The molecule has 0 aliphatic carbocycles. The SMILES string of the molecule is CCn1c(F)c(CCC(C)C)n(Cc2ccc(-c3ccccc3-n3cnnn3)cc2)c1=O. The third-order valence-electron chi connectivity index (χ3n) is 5.64. The topological polar surface area (TPSA) is 70.5 Å². The van der Waals surface area contributed by atoms with Crippen LogP contribution in [0, 0.1) is 11.9 Å². The highest BCUT2D eigenvalue weighted by atomic mass is 19.1. The molecule has 8 heteroatoms. The summed E-state index contributed by atoms with van der Waals surface area (Å²) in [5.41, 5.74) is 4.00. The molecule has 4 aromatic rings. The maximum absolute atomic E-state index is 14.9. The Morgan fingerprint density at radius 2 is 1.78 bits per heavy atom. The van der Waals surface area contributed by atoms with Gasteiger partial charge in [0.05, 0.1) is 17.9 Å². The number of rotatable bonds is 8. The zero-order valence-electron chi connectivity index (χ0n) is 18.6. The van der Waals surface area contributed by atoms with Crippen molar-refractivity contribution in [1.82, 2.24) is 29.3 Å². The van der Waals surface area contributed by atoms with Crippen LogP contribution in [0.25, 0.3) is 16.8 Å². The van der Waals surface area contributed by atoms with Gasteiger partial charge >= 0.3 is 5.69 Å². The first-order valence-corrected chi connectivity index (χ1v) is 10.9. The summed E-state index contributed by atoms with van der Waals surface area (Å²) < 4.78 is 19.3. The second-order valence-electron chi connectivity index (χ2n) is 8.25. The molecule has 0 radical (unpaired) electrons. The van der Waals surface area contributed by atoms with Crippen LogP contribution in [0.2, 0.25) is 0 Å². The summed E-state index contributed by atoms with van der Waals surface area (Å²) in [6.45, 7) is 6.65. The van der Waals surface area contributed by atoms with Gasteiger partial charge in [0, 0.05) is 12.1 Å². The van der Waals surface area contributed by atoms with Crippen LogP contribution < -0.4 is 5.69 Å². The smallest absolute Gasteiger partial charge is 0.289 e. The predicted molar refractivity (Wildman–Crippen MR) is 121 cm³/mol. The van der Waals surface area contributed by atoms with E-state index in [4.69, 9.17) is 0 Å². The Balaban J connectivity index is 1.64. The van der Waals surface area contributed by atoms with Crippen LogP contribution in [0.5, 0.6) is 0 Å². The molecule has 166 valence electrons.